The molecule has 0 aromatic heterocycles. The highest BCUT2D eigenvalue weighted by Gasteiger charge is 2.25. The number of hydrogen-bond acceptors (Lipinski definition) is 7. The first-order chi connectivity index (χ1) is 16.6. The van der Waals surface area contributed by atoms with Gasteiger partial charge in [0.1, 0.15) is 5.75 Å². The van der Waals surface area contributed by atoms with Gasteiger partial charge in [-0.1, -0.05) is 12.1 Å². The van der Waals surface area contributed by atoms with Crippen LogP contribution in [-0.2, 0) is 14.3 Å². The molecule has 1 fully saturated rings. The van der Waals surface area contributed by atoms with E-state index in [-0.39, 0.29) is 24.1 Å². The van der Waals surface area contributed by atoms with E-state index < -0.39 is 5.97 Å². The maximum atomic E-state index is 12.4. The summed E-state index contributed by atoms with van der Waals surface area (Å²) in [6.07, 6.45) is 4.85. The Balaban J connectivity index is 1.50. The lowest BCUT2D eigenvalue weighted by Gasteiger charge is -2.26. The maximum absolute atomic E-state index is 12.4. The first-order valence-corrected chi connectivity index (χ1v) is 11.4. The van der Waals surface area contributed by atoms with E-state index in [1.165, 1.54) is 0 Å². The zero-order valence-electron chi connectivity index (χ0n) is 19.4. The Morgan fingerprint density at radius 1 is 1.09 bits per heavy atom. The summed E-state index contributed by atoms with van der Waals surface area (Å²) >= 11 is 0. The van der Waals surface area contributed by atoms with Crippen molar-refractivity contribution in [2.24, 2.45) is 4.99 Å². The summed E-state index contributed by atoms with van der Waals surface area (Å²) < 4.78 is 22.1. The number of likely N-dealkylation sites (tertiary alicyclic amines) is 1. The van der Waals surface area contributed by atoms with E-state index in [2.05, 4.69) is 4.99 Å². The van der Waals surface area contributed by atoms with E-state index in [4.69, 9.17) is 18.9 Å². The predicted molar refractivity (Wildman–Crippen MR) is 127 cm³/mol. The number of piperidine rings is 1. The number of benzene rings is 2. The van der Waals surface area contributed by atoms with E-state index in [1.807, 2.05) is 11.8 Å². The molecule has 1 amide bonds. The molecule has 2 aliphatic heterocycles. The van der Waals surface area contributed by atoms with Gasteiger partial charge in [-0.15, -0.1) is 0 Å². The molecule has 0 atom stereocenters. The van der Waals surface area contributed by atoms with E-state index in [0.717, 1.165) is 32.4 Å². The number of hydrogen-bond donors (Lipinski definition) is 0. The first kappa shape index (κ1) is 23.4. The quantitative estimate of drug-likeness (QED) is 0.436. The third-order valence-electron chi connectivity index (χ3n) is 5.57. The highest BCUT2D eigenvalue weighted by molar-refractivity contribution is 6.13. The zero-order valence-corrected chi connectivity index (χ0v) is 19.4. The van der Waals surface area contributed by atoms with Gasteiger partial charge in [-0.05, 0) is 68.2 Å². The number of nitrogens with zero attached hydrogens (tertiary/aromatic N) is 2. The van der Waals surface area contributed by atoms with Crippen molar-refractivity contribution >= 4 is 23.9 Å². The normalized spacial score (nSPS) is 16.8. The van der Waals surface area contributed by atoms with Crippen LogP contribution >= 0.6 is 0 Å². The van der Waals surface area contributed by atoms with Gasteiger partial charge < -0.3 is 23.8 Å². The molecule has 1 saturated heterocycles. The van der Waals surface area contributed by atoms with Gasteiger partial charge >= 0.3 is 5.97 Å². The van der Waals surface area contributed by atoms with E-state index in [1.54, 1.807) is 55.7 Å². The third-order valence-corrected chi connectivity index (χ3v) is 5.57. The van der Waals surface area contributed by atoms with Crippen LogP contribution in [0.2, 0.25) is 0 Å². The summed E-state index contributed by atoms with van der Waals surface area (Å²) in [6.45, 7) is 3.81. The SMILES string of the molecule is CCOc1cc(/C=C2/N=C(c3cccc(OC)c3)OC2=O)ccc1OCC(=O)N1CCCCC1. The van der Waals surface area contributed by atoms with Gasteiger partial charge in [0.05, 0.1) is 13.7 Å². The third kappa shape index (κ3) is 5.57. The van der Waals surface area contributed by atoms with Crippen LogP contribution in [0.1, 0.15) is 37.3 Å². The molecule has 0 spiro atoms. The number of carbonyl (C=O) groups excluding carboxylic acids is 2. The standard InChI is InChI=1S/C26H28N2O6/c1-3-32-23-15-18(10-11-22(23)33-17-24(29)28-12-5-4-6-13-28)14-21-26(30)34-25(27-21)19-8-7-9-20(16-19)31-2/h7-11,14-16H,3-6,12-13,17H2,1-2H3/b21-14+. The number of esters is 1. The molecule has 0 saturated carbocycles. The lowest BCUT2D eigenvalue weighted by molar-refractivity contribution is -0.134. The van der Waals surface area contributed by atoms with Crippen molar-refractivity contribution in [3.8, 4) is 17.2 Å². The van der Waals surface area contributed by atoms with Gasteiger partial charge in [-0.2, -0.15) is 0 Å². The summed E-state index contributed by atoms with van der Waals surface area (Å²) in [6, 6.07) is 12.4. The molecule has 0 aliphatic carbocycles. The van der Waals surface area contributed by atoms with Crippen LogP contribution < -0.4 is 14.2 Å². The minimum absolute atomic E-state index is 0.0264. The smallest absolute Gasteiger partial charge is 0.363 e. The van der Waals surface area contributed by atoms with Crippen LogP contribution in [0.25, 0.3) is 6.08 Å². The lowest BCUT2D eigenvalue weighted by Crippen LogP contribution is -2.38. The summed E-state index contributed by atoms with van der Waals surface area (Å²) in [4.78, 5) is 31.0. The Hall–Kier alpha value is -3.81. The molecular formula is C26H28N2O6. The number of ether oxygens (including phenoxy) is 4. The zero-order chi connectivity index (χ0) is 23.9. The second-order valence-electron chi connectivity index (χ2n) is 7.94. The molecule has 0 N–H and O–H groups in total. The van der Waals surface area contributed by atoms with Crippen LogP contribution in [0.4, 0.5) is 0 Å². The molecule has 0 radical (unpaired) electrons. The number of aliphatic imine (C=N–C) groups is 1. The Kier molecular flexibility index (Phi) is 7.47. The molecule has 8 nitrogen and oxygen atoms in total. The fourth-order valence-electron chi connectivity index (χ4n) is 3.82. The molecule has 4 rings (SSSR count). The van der Waals surface area contributed by atoms with Crippen molar-refractivity contribution in [1.82, 2.24) is 4.90 Å². The van der Waals surface area contributed by atoms with Gasteiger partial charge in [-0.25, -0.2) is 9.79 Å². The van der Waals surface area contributed by atoms with Gasteiger partial charge in [0.15, 0.2) is 23.8 Å². The fourth-order valence-corrected chi connectivity index (χ4v) is 3.82. The van der Waals surface area contributed by atoms with Crippen molar-refractivity contribution in [2.75, 3.05) is 33.4 Å². The Morgan fingerprint density at radius 3 is 2.68 bits per heavy atom. The van der Waals surface area contributed by atoms with E-state index >= 15 is 0 Å². The monoisotopic (exact) mass is 464 g/mol. The molecule has 0 unspecified atom stereocenters. The van der Waals surface area contributed by atoms with Crippen molar-refractivity contribution in [3.05, 3.63) is 59.3 Å². The molecule has 8 heteroatoms. The van der Waals surface area contributed by atoms with Crippen molar-refractivity contribution in [2.45, 2.75) is 26.2 Å². The Labute approximate surface area is 198 Å². The number of methoxy groups -OCH3 is 1. The number of carbonyl (C=O) groups is 2. The molecular weight excluding hydrogens is 436 g/mol. The maximum Gasteiger partial charge on any atom is 0.363 e. The average molecular weight is 465 g/mol. The van der Waals surface area contributed by atoms with E-state index in [0.29, 0.717) is 35.0 Å². The molecule has 34 heavy (non-hydrogen) atoms. The van der Waals surface area contributed by atoms with Crippen LogP contribution in [0, 0.1) is 0 Å². The summed E-state index contributed by atoms with van der Waals surface area (Å²) in [5.41, 5.74) is 1.52. The number of cyclic esters (lactones) is 1. The molecule has 2 aromatic rings. The average Bonchev–Trinajstić information content (AvgIpc) is 3.24. The van der Waals surface area contributed by atoms with Crippen molar-refractivity contribution < 1.29 is 28.5 Å². The van der Waals surface area contributed by atoms with Gasteiger partial charge in [0, 0.05) is 18.7 Å². The lowest BCUT2D eigenvalue weighted by atomic mass is 10.1. The fraction of sp³-hybridized carbons (Fsp3) is 0.346. The highest BCUT2D eigenvalue weighted by atomic mass is 16.6. The summed E-state index contributed by atoms with van der Waals surface area (Å²) in [5.74, 6) is 1.26. The van der Waals surface area contributed by atoms with Crippen molar-refractivity contribution in [1.29, 1.82) is 0 Å². The molecule has 0 bridgehead atoms. The van der Waals surface area contributed by atoms with Crippen molar-refractivity contribution in [3.63, 3.8) is 0 Å². The largest absolute Gasteiger partial charge is 0.497 e. The van der Waals surface area contributed by atoms with Gasteiger partial charge in [0.25, 0.3) is 5.91 Å². The Morgan fingerprint density at radius 2 is 1.91 bits per heavy atom. The van der Waals surface area contributed by atoms with E-state index in [9.17, 15) is 9.59 Å². The first-order valence-electron chi connectivity index (χ1n) is 11.4. The minimum atomic E-state index is -0.539. The minimum Gasteiger partial charge on any atom is -0.497 e. The molecule has 2 heterocycles. The molecule has 2 aliphatic rings. The Bertz CT molecular complexity index is 1120. The van der Waals surface area contributed by atoms with Gasteiger partial charge in [0.2, 0.25) is 5.90 Å². The highest BCUT2D eigenvalue weighted by Crippen LogP contribution is 2.30. The summed E-state index contributed by atoms with van der Waals surface area (Å²) in [5, 5.41) is 0. The van der Waals surface area contributed by atoms with Crippen LogP contribution in [-0.4, -0.2) is 56.1 Å². The van der Waals surface area contributed by atoms with Crippen LogP contribution in [0.5, 0.6) is 17.2 Å². The molecule has 178 valence electrons. The number of amides is 1. The molecule has 2 aromatic carbocycles. The second kappa shape index (κ2) is 10.9. The number of rotatable bonds is 8. The van der Waals surface area contributed by atoms with Crippen LogP contribution in [0.15, 0.2) is 53.2 Å². The summed E-state index contributed by atoms with van der Waals surface area (Å²) in [7, 11) is 1.57. The van der Waals surface area contributed by atoms with Gasteiger partial charge in [-0.3, -0.25) is 4.79 Å². The van der Waals surface area contributed by atoms with Crippen LogP contribution in [0.3, 0.4) is 0 Å². The second-order valence-corrected chi connectivity index (χ2v) is 7.94. The topological polar surface area (TPSA) is 86.7 Å². The predicted octanol–water partition coefficient (Wildman–Crippen LogP) is 3.83.